The Kier molecular flexibility index (Phi) is 7.74. The number of nitrogens with one attached hydrogen (secondary N) is 2. The molecule has 0 radical (unpaired) electrons. The number of nitrogens with zero attached hydrogens (tertiary/aromatic N) is 3. The van der Waals surface area contributed by atoms with Gasteiger partial charge in [0.15, 0.2) is 0 Å². The first-order valence-corrected chi connectivity index (χ1v) is 12.7. The van der Waals surface area contributed by atoms with E-state index >= 15 is 0 Å². The second-order valence-electron chi connectivity index (χ2n) is 9.99. The second kappa shape index (κ2) is 10.9. The second-order valence-corrected chi connectivity index (χ2v) is 9.99. The van der Waals surface area contributed by atoms with E-state index in [2.05, 4.69) is 16.7 Å². The number of para-hydroxylation sites is 1. The number of nitriles is 1. The van der Waals surface area contributed by atoms with E-state index in [0.29, 0.717) is 37.5 Å². The Morgan fingerprint density at radius 1 is 1.11 bits per heavy atom. The zero-order chi connectivity index (χ0) is 24.9. The molecular formula is C27H35N5O3. The minimum atomic E-state index is -0.562. The Morgan fingerprint density at radius 3 is 2.51 bits per heavy atom. The molecule has 2 N–H and O–H groups in total. The van der Waals surface area contributed by atoms with Crippen molar-refractivity contribution in [3.63, 3.8) is 0 Å². The molecule has 2 fully saturated rings. The van der Waals surface area contributed by atoms with Gasteiger partial charge in [-0.15, -0.1) is 0 Å². The Labute approximate surface area is 206 Å². The van der Waals surface area contributed by atoms with Crippen molar-refractivity contribution >= 4 is 28.6 Å². The largest absolute Gasteiger partial charge is 0.347 e. The SMILES string of the molecule is CC(=O)N1CCC(CC(C#N)NC(=O)[C@@H]2CCCC[C@@H]2NC(=O)c2cc3ccccc3n2C)CC1. The maximum Gasteiger partial charge on any atom is 0.268 e. The van der Waals surface area contributed by atoms with Gasteiger partial charge in [-0.1, -0.05) is 31.0 Å². The van der Waals surface area contributed by atoms with Crippen LogP contribution >= 0.6 is 0 Å². The minimum Gasteiger partial charge on any atom is -0.347 e. The predicted octanol–water partition coefficient (Wildman–Crippen LogP) is 3.12. The summed E-state index contributed by atoms with van der Waals surface area (Å²) in [6.45, 7) is 2.99. The van der Waals surface area contributed by atoms with Gasteiger partial charge >= 0.3 is 0 Å². The monoisotopic (exact) mass is 477 g/mol. The average Bonchev–Trinajstić information content (AvgIpc) is 3.21. The Morgan fingerprint density at radius 2 is 1.83 bits per heavy atom. The fraction of sp³-hybridized carbons (Fsp3) is 0.556. The molecule has 0 bridgehead atoms. The van der Waals surface area contributed by atoms with Gasteiger partial charge in [0.2, 0.25) is 11.8 Å². The third-order valence-electron chi connectivity index (χ3n) is 7.70. The Balaban J connectivity index is 1.37. The molecule has 2 aromatic rings. The number of aryl methyl sites for hydroxylation is 1. The molecule has 186 valence electrons. The molecule has 1 aliphatic carbocycles. The fourth-order valence-corrected chi connectivity index (χ4v) is 5.61. The quantitative estimate of drug-likeness (QED) is 0.666. The highest BCUT2D eigenvalue weighted by Crippen LogP contribution is 2.27. The number of carbonyl (C=O) groups excluding carboxylic acids is 3. The molecule has 1 aliphatic heterocycles. The molecule has 1 saturated carbocycles. The van der Waals surface area contributed by atoms with Crippen molar-refractivity contribution in [3.05, 3.63) is 36.0 Å². The van der Waals surface area contributed by atoms with Gasteiger partial charge in [0.1, 0.15) is 11.7 Å². The molecule has 4 rings (SSSR count). The first kappa shape index (κ1) is 24.8. The van der Waals surface area contributed by atoms with Gasteiger partial charge in [-0.3, -0.25) is 14.4 Å². The van der Waals surface area contributed by atoms with Crippen molar-refractivity contribution in [2.75, 3.05) is 13.1 Å². The minimum absolute atomic E-state index is 0.0856. The predicted molar refractivity (Wildman–Crippen MR) is 133 cm³/mol. The van der Waals surface area contributed by atoms with Crippen LogP contribution in [0.2, 0.25) is 0 Å². The van der Waals surface area contributed by atoms with Crippen LogP contribution in [0.4, 0.5) is 0 Å². The molecule has 8 nitrogen and oxygen atoms in total. The molecular weight excluding hydrogens is 442 g/mol. The number of hydrogen-bond donors (Lipinski definition) is 2. The van der Waals surface area contributed by atoms with Crippen molar-refractivity contribution in [1.29, 1.82) is 5.26 Å². The lowest BCUT2D eigenvalue weighted by molar-refractivity contribution is -0.130. The Hall–Kier alpha value is -3.34. The summed E-state index contributed by atoms with van der Waals surface area (Å²) in [5, 5.41) is 16.8. The van der Waals surface area contributed by atoms with Crippen molar-refractivity contribution in [2.24, 2.45) is 18.9 Å². The zero-order valence-electron chi connectivity index (χ0n) is 20.6. The molecule has 8 heteroatoms. The van der Waals surface area contributed by atoms with E-state index in [0.717, 1.165) is 43.0 Å². The summed E-state index contributed by atoms with van der Waals surface area (Å²) >= 11 is 0. The molecule has 2 aliphatic rings. The third-order valence-corrected chi connectivity index (χ3v) is 7.70. The van der Waals surface area contributed by atoms with E-state index in [1.54, 1.807) is 6.92 Å². The van der Waals surface area contributed by atoms with Gasteiger partial charge < -0.3 is 20.1 Å². The van der Waals surface area contributed by atoms with Crippen LogP contribution in [0.15, 0.2) is 30.3 Å². The van der Waals surface area contributed by atoms with E-state index in [9.17, 15) is 19.6 Å². The van der Waals surface area contributed by atoms with Crippen LogP contribution in [-0.2, 0) is 16.6 Å². The molecule has 1 unspecified atom stereocenters. The van der Waals surface area contributed by atoms with Crippen LogP contribution in [-0.4, -0.2) is 52.4 Å². The molecule has 35 heavy (non-hydrogen) atoms. The van der Waals surface area contributed by atoms with Crippen molar-refractivity contribution in [2.45, 2.75) is 64.0 Å². The summed E-state index contributed by atoms with van der Waals surface area (Å²) in [4.78, 5) is 39.7. The van der Waals surface area contributed by atoms with Gasteiger partial charge in [0, 0.05) is 44.0 Å². The number of piperidine rings is 1. The number of carbonyl (C=O) groups is 3. The van der Waals surface area contributed by atoms with E-state index in [1.165, 1.54) is 0 Å². The number of benzene rings is 1. The van der Waals surface area contributed by atoms with Gasteiger partial charge in [0.25, 0.3) is 5.91 Å². The number of likely N-dealkylation sites (tertiary alicyclic amines) is 1. The smallest absolute Gasteiger partial charge is 0.268 e. The summed E-state index contributed by atoms with van der Waals surface area (Å²) in [5.74, 6) is -0.286. The summed E-state index contributed by atoms with van der Waals surface area (Å²) in [5.41, 5.74) is 1.56. The summed E-state index contributed by atoms with van der Waals surface area (Å²) < 4.78 is 1.88. The topological polar surface area (TPSA) is 107 Å². The molecule has 1 aromatic heterocycles. The lowest BCUT2D eigenvalue weighted by Gasteiger charge is -2.34. The number of fused-ring (bicyclic) bond motifs is 1. The lowest BCUT2D eigenvalue weighted by atomic mass is 9.83. The summed E-state index contributed by atoms with van der Waals surface area (Å²) in [6, 6.07) is 11.2. The van der Waals surface area contributed by atoms with Crippen molar-refractivity contribution < 1.29 is 14.4 Å². The van der Waals surface area contributed by atoms with Crippen LogP contribution < -0.4 is 10.6 Å². The highest BCUT2D eigenvalue weighted by molar-refractivity contribution is 5.99. The molecule has 3 atom stereocenters. The van der Waals surface area contributed by atoms with E-state index in [-0.39, 0.29) is 29.7 Å². The van der Waals surface area contributed by atoms with Gasteiger partial charge in [-0.2, -0.15) is 5.26 Å². The molecule has 3 amide bonds. The van der Waals surface area contributed by atoms with Gasteiger partial charge in [-0.05, 0) is 50.2 Å². The summed E-state index contributed by atoms with van der Waals surface area (Å²) in [7, 11) is 1.88. The van der Waals surface area contributed by atoms with Crippen LogP contribution in [0.25, 0.3) is 10.9 Å². The van der Waals surface area contributed by atoms with E-state index in [4.69, 9.17) is 0 Å². The number of rotatable bonds is 6. The average molecular weight is 478 g/mol. The van der Waals surface area contributed by atoms with Crippen LogP contribution in [0.3, 0.4) is 0 Å². The number of hydrogen-bond acceptors (Lipinski definition) is 4. The summed E-state index contributed by atoms with van der Waals surface area (Å²) in [6.07, 6.45) is 5.62. The van der Waals surface area contributed by atoms with E-state index < -0.39 is 6.04 Å². The highest BCUT2D eigenvalue weighted by Gasteiger charge is 2.34. The Bertz CT molecular complexity index is 1130. The van der Waals surface area contributed by atoms with E-state index in [1.807, 2.05) is 46.8 Å². The zero-order valence-corrected chi connectivity index (χ0v) is 20.6. The van der Waals surface area contributed by atoms with Gasteiger partial charge in [0.05, 0.1) is 12.0 Å². The normalized spacial score (nSPS) is 21.8. The maximum absolute atomic E-state index is 13.2. The lowest BCUT2D eigenvalue weighted by Crippen LogP contribution is -2.50. The van der Waals surface area contributed by atoms with Crippen LogP contribution in [0, 0.1) is 23.2 Å². The third kappa shape index (κ3) is 5.67. The molecule has 2 heterocycles. The first-order valence-electron chi connectivity index (χ1n) is 12.7. The fourth-order valence-electron chi connectivity index (χ4n) is 5.61. The van der Waals surface area contributed by atoms with Gasteiger partial charge in [-0.25, -0.2) is 0 Å². The number of amides is 3. The standard InChI is InChI=1S/C27H35N5O3/c1-18(33)32-13-11-19(12-14-32)15-21(17-28)29-26(34)22-8-4-5-9-23(22)30-27(35)25-16-20-7-3-6-10-24(20)31(25)2/h3,6-7,10,16,19,21-23H,4-5,8-9,11-15H2,1-2H3,(H,29,34)(H,30,35)/t21?,22-,23+/m1/s1. The molecule has 1 aromatic carbocycles. The molecule has 0 spiro atoms. The van der Waals surface area contributed by atoms with Crippen LogP contribution in [0.1, 0.15) is 62.4 Å². The van der Waals surface area contributed by atoms with Crippen LogP contribution in [0.5, 0.6) is 0 Å². The number of aromatic nitrogens is 1. The highest BCUT2D eigenvalue weighted by atomic mass is 16.2. The van der Waals surface area contributed by atoms with Crippen molar-refractivity contribution in [1.82, 2.24) is 20.1 Å². The van der Waals surface area contributed by atoms with Crippen molar-refractivity contribution in [3.8, 4) is 6.07 Å². The first-order chi connectivity index (χ1) is 16.9. The maximum atomic E-state index is 13.2. The molecule has 1 saturated heterocycles.